The van der Waals surface area contributed by atoms with E-state index in [-0.39, 0.29) is 31.3 Å². The summed E-state index contributed by atoms with van der Waals surface area (Å²) in [5.41, 5.74) is 1.61. The number of nitrogens with zero attached hydrogens (tertiary/aromatic N) is 2. The minimum Gasteiger partial charge on any atom is -0.454 e. The van der Waals surface area contributed by atoms with Crippen LogP contribution in [0.25, 0.3) is 17.2 Å². The number of ether oxygens (including phenoxy) is 2. The van der Waals surface area contributed by atoms with Crippen LogP contribution < -0.4 is 20.5 Å². The largest absolute Gasteiger partial charge is 0.454 e. The van der Waals surface area contributed by atoms with E-state index in [4.69, 9.17) is 13.9 Å². The number of benzene rings is 2. The maximum Gasteiger partial charge on any atom is 0.420 e. The number of hydrogen-bond acceptors (Lipinski definition) is 8. The van der Waals surface area contributed by atoms with Gasteiger partial charge in [-0.05, 0) is 47.7 Å². The molecule has 0 aliphatic carbocycles. The minimum absolute atomic E-state index is 0.00984. The first-order chi connectivity index (χ1) is 16.0. The number of aromatic nitrogens is 1. The number of imide groups is 1. The van der Waals surface area contributed by atoms with E-state index >= 15 is 0 Å². The van der Waals surface area contributed by atoms with Crippen LogP contribution in [0.2, 0.25) is 0 Å². The molecule has 0 spiro atoms. The number of fused-ring (bicyclic) bond motifs is 2. The zero-order valence-corrected chi connectivity index (χ0v) is 17.9. The summed E-state index contributed by atoms with van der Waals surface area (Å²) >= 11 is 0.832. The second-order valence-electron chi connectivity index (χ2n) is 7.22. The zero-order valence-electron chi connectivity index (χ0n) is 17.1. The molecule has 2 aromatic carbocycles. The van der Waals surface area contributed by atoms with Gasteiger partial charge in [-0.2, -0.15) is 0 Å². The summed E-state index contributed by atoms with van der Waals surface area (Å²) < 4.78 is 16.9. The second kappa shape index (κ2) is 8.51. The van der Waals surface area contributed by atoms with Gasteiger partial charge in [-0.1, -0.05) is 18.2 Å². The third-order valence-electron chi connectivity index (χ3n) is 5.10. The van der Waals surface area contributed by atoms with Crippen molar-refractivity contribution >= 4 is 46.0 Å². The molecule has 3 amide bonds. The van der Waals surface area contributed by atoms with Crippen molar-refractivity contribution in [3.05, 3.63) is 63.5 Å². The van der Waals surface area contributed by atoms with E-state index in [1.807, 2.05) is 0 Å². The first kappa shape index (κ1) is 20.9. The van der Waals surface area contributed by atoms with E-state index in [0.29, 0.717) is 28.2 Å². The van der Waals surface area contributed by atoms with Gasteiger partial charge in [-0.25, -0.2) is 4.79 Å². The first-order valence-corrected chi connectivity index (χ1v) is 10.8. The van der Waals surface area contributed by atoms with Crippen molar-refractivity contribution in [1.82, 2.24) is 14.8 Å². The summed E-state index contributed by atoms with van der Waals surface area (Å²) in [6.45, 7) is -0.0249. The van der Waals surface area contributed by atoms with Crippen LogP contribution in [-0.2, 0) is 16.1 Å². The summed E-state index contributed by atoms with van der Waals surface area (Å²) in [7, 11) is 0. The van der Waals surface area contributed by atoms with Crippen LogP contribution in [0.4, 0.5) is 4.79 Å². The monoisotopic (exact) mass is 467 g/mol. The van der Waals surface area contributed by atoms with Gasteiger partial charge in [0.2, 0.25) is 12.7 Å². The molecule has 1 N–H and O–H groups in total. The highest BCUT2D eigenvalue weighted by Gasteiger charge is 2.34. The number of oxazole rings is 1. The molecule has 3 heterocycles. The molecule has 10 nitrogen and oxygen atoms in total. The number of carbonyl (C=O) groups excluding carboxylic acids is 3. The lowest BCUT2D eigenvalue weighted by Gasteiger charge is -2.13. The molecule has 11 heteroatoms. The topological polar surface area (TPSA) is 120 Å². The van der Waals surface area contributed by atoms with Crippen LogP contribution in [0.1, 0.15) is 5.56 Å². The van der Waals surface area contributed by atoms with Gasteiger partial charge in [0.25, 0.3) is 11.1 Å². The third kappa shape index (κ3) is 4.10. The number of hydrogen-bond donors (Lipinski definition) is 1. The molecule has 5 rings (SSSR count). The van der Waals surface area contributed by atoms with Crippen LogP contribution in [0.15, 0.2) is 56.6 Å². The Morgan fingerprint density at radius 3 is 2.79 bits per heavy atom. The van der Waals surface area contributed by atoms with E-state index in [9.17, 15) is 19.2 Å². The molecule has 2 aliphatic heterocycles. The zero-order chi connectivity index (χ0) is 22.9. The number of para-hydroxylation sites is 2. The highest BCUT2D eigenvalue weighted by atomic mass is 32.2. The lowest BCUT2D eigenvalue weighted by atomic mass is 10.2. The van der Waals surface area contributed by atoms with Gasteiger partial charge in [0.1, 0.15) is 6.54 Å². The lowest BCUT2D eigenvalue weighted by molar-refractivity contribution is -0.124. The average Bonchev–Trinajstić information content (AvgIpc) is 3.46. The van der Waals surface area contributed by atoms with E-state index in [1.54, 1.807) is 48.5 Å². The Hall–Kier alpha value is -3.99. The SMILES string of the molecule is O=C(Cn1c(=O)oc2ccccc21)NCCN1C(=O)S/C(=C\c2ccc3c(c2)OCO3)C1=O. The van der Waals surface area contributed by atoms with E-state index in [0.717, 1.165) is 16.7 Å². The van der Waals surface area contributed by atoms with Crippen molar-refractivity contribution in [2.75, 3.05) is 19.9 Å². The van der Waals surface area contributed by atoms with E-state index in [1.165, 1.54) is 4.57 Å². The van der Waals surface area contributed by atoms with Gasteiger partial charge < -0.3 is 19.2 Å². The summed E-state index contributed by atoms with van der Waals surface area (Å²) in [6, 6.07) is 12.0. The summed E-state index contributed by atoms with van der Waals surface area (Å²) in [6.07, 6.45) is 1.61. The standard InChI is InChI=1S/C22H17N3O7S/c26-19(11-25-14-3-1-2-4-15(14)32-21(25)28)23-7-8-24-20(27)18(33-22(24)29)10-13-5-6-16-17(9-13)31-12-30-16/h1-6,9-10H,7-8,11-12H2,(H,23,26)/b18-10-. The highest BCUT2D eigenvalue weighted by molar-refractivity contribution is 8.18. The van der Waals surface area contributed by atoms with Crippen LogP contribution >= 0.6 is 11.8 Å². The predicted molar refractivity (Wildman–Crippen MR) is 119 cm³/mol. The number of carbonyl (C=O) groups is 3. The van der Waals surface area contributed by atoms with Gasteiger partial charge in [-0.15, -0.1) is 0 Å². The van der Waals surface area contributed by atoms with Crippen LogP contribution in [0.3, 0.4) is 0 Å². The van der Waals surface area contributed by atoms with Crippen molar-refractivity contribution in [1.29, 1.82) is 0 Å². The smallest absolute Gasteiger partial charge is 0.420 e. The van der Waals surface area contributed by atoms with Gasteiger partial charge in [0.15, 0.2) is 17.1 Å². The number of amides is 3. The Balaban J connectivity index is 1.19. The van der Waals surface area contributed by atoms with Crippen LogP contribution in [-0.4, -0.2) is 46.4 Å². The summed E-state index contributed by atoms with van der Waals surface area (Å²) in [5.74, 6) is -0.302. The fourth-order valence-electron chi connectivity index (χ4n) is 3.52. The van der Waals surface area contributed by atoms with Crippen LogP contribution in [0, 0.1) is 0 Å². The molecule has 33 heavy (non-hydrogen) atoms. The molecule has 0 atom stereocenters. The number of thioether (sulfide) groups is 1. The van der Waals surface area contributed by atoms with Gasteiger partial charge in [0, 0.05) is 13.1 Å². The minimum atomic E-state index is -0.633. The lowest BCUT2D eigenvalue weighted by Crippen LogP contribution is -2.39. The molecule has 2 aliphatic rings. The second-order valence-corrected chi connectivity index (χ2v) is 8.21. The van der Waals surface area contributed by atoms with Crippen molar-refractivity contribution < 1.29 is 28.3 Å². The fourth-order valence-corrected chi connectivity index (χ4v) is 4.38. The van der Waals surface area contributed by atoms with Gasteiger partial charge >= 0.3 is 5.76 Å². The summed E-state index contributed by atoms with van der Waals surface area (Å²) in [5, 5.41) is 2.21. The molecule has 0 unspecified atom stereocenters. The number of rotatable bonds is 6. The molecule has 0 saturated carbocycles. The fraction of sp³-hybridized carbons (Fsp3) is 0.182. The van der Waals surface area contributed by atoms with Gasteiger partial charge in [0.05, 0.1) is 10.4 Å². The van der Waals surface area contributed by atoms with E-state index in [2.05, 4.69) is 5.32 Å². The Morgan fingerprint density at radius 2 is 1.91 bits per heavy atom. The molecule has 168 valence electrons. The molecular weight excluding hydrogens is 450 g/mol. The Labute approximate surface area is 190 Å². The maximum absolute atomic E-state index is 12.7. The third-order valence-corrected chi connectivity index (χ3v) is 6.01. The molecule has 3 aromatic rings. The molecule has 1 fully saturated rings. The summed E-state index contributed by atoms with van der Waals surface area (Å²) in [4.78, 5) is 50.6. The number of nitrogens with one attached hydrogen (secondary N) is 1. The molecule has 0 bridgehead atoms. The van der Waals surface area contributed by atoms with Crippen molar-refractivity contribution in [2.24, 2.45) is 0 Å². The molecular formula is C22H17N3O7S. The quantitative estimate of drug-likeness (QED) is 0.548. The normalized spacial score (nSPS) is 16.2. The van der Waals surface area contributed by atoms with Crippen molar-refractivity contribution in [3.8, 4) is 11.5 Å². The van der Waals surface area contributed by atoms with Crippen molar-refractivity contribution in [3.63, 3.8) is 0 Å². The van der Waals surface area contributed by atoms with Gasteiger partial charge in [-0.3, -0.25) is 23.9 Å². The first-order valence-electron chi connectivity index (χ1n) is 10.00. The average molecular weight is 467 g/mol. The van der Waals surface area contributed by atoms with E-state index < -0.39 is 22.8 Å². The maximum atomic E-state index is 12.7. The molecule has 1 aromatic heterocycles. The Bertz CT molecular complexity index is 1370. The molecule has 1 saturated heterocycles. The predicted octanol–water partition coefficient (Wildman–Crippen LogP) is 2.18. The van der Waals surface area contributed by atoms with Crippen molar-refractivity contribution in [2.45, 2.75) is 6.54 Å². The van der Waals surface area contributed by atoms with Crippen LogP contribution in [0.5, 0.6) is 11.5 Å². The Kier molecular flexibility index (Phi) is 5.38. The Morgan fingerprint density at radius 1 is 1.09 bits per heavy atom. The molecule has 0 radical (unpaired) electrons. The highest BCUT2D eigenvalue weighted by Crippen LogP contribution is 2.36.